The van der Waals surface area contributed by atoms with E-state index in [9.17, 15) is 9.59 Å². The summed E-state index contributed by atoms with van der Waals surface area (Å²) < 4.78 is 5.36. The van der Waals surface area contributed by atoms with Gasteiger partial charge >= 0.3 is 0 Å². The number of Topliss-reactive ketones (excluding diaryl/α,β-unsaturated/α-hetero) is 1. The van der Waals surface area contributed by atoms with Crippen molar-refractivity contribution < 1.29 is 14.3 Å². The highest BCUT2D eigenvalue weighted by molar-refractivity contribution is 5.99. The lowest BCUT2D eigenvalue weighted by molar-refractivity contribution is -0.130. The molecule has 1 unspecified atom stereocenters. The van der Waals surface area contributed by atoms with Crippen LogP contribution in [-0.2, 0) is 4.79 Å². The highest BCUT2D eigenvalue weighted by Crippen LogP contribution is 2.18. The predicted molar refractivity (Wildman–Crippen MR) is 81.5 cm³/mol. The Labute approximate surface area is 126 Å². The summed E-state index contributed by atoms with van der Waals surface area (Å²) in [7, 11) is 0. The average Bonchev–Trinajstić information content (AvgIpc) is 2.64. The SMILES string of the molecule is CCOc1ccc(C(=O)CN2CCC(C)CCC2=O)cc1. The van der Waals surface area contributed by atoms with E-state index in [-0.39, 0.29) is 18.2 Å². The van der Waals surface area contributed by atoms with E-state index in [1.54, 1.807) is 29.2 Å². The van der Waals surface area contributed by atoms with Crippen molar-refractivity contribution >= 4 is 11.7 Å². The molecule has 2 rings (SSSR count). The monoisotopic (exact) mass is 289 g/mol. The van der Waals surface area contributed by atoms with Crippen molar-refractivity contribution in [2.45, 2.75) is 33.1 Å². The minimum Gasteiger partial charge on any atom is -0.494 e. The van der Waals surface area contributed by atoms with E-state index < -0.39 is 0 Å². The largest absolute Gasteiger partial charge is 0.494 e. The normalized spacial score (nSPS) is 19.2. The molecule has 1 aromatic rings. The van der Waals surface area contributed by atoms with E-state index in [2.05, 4.69) is 6.92 Å². The van der Waals surface area contributed by atoms with E-state index >= 15 is 0 Å². The summed E-state index contributed by atoms with van der Waals surface area (Å²) in [5.74, 6) is 1.40. The van der Waals surface area contributed by atoms with Crippen molar-refractivity contribution in [1.82, 2.24) is 4.90 Å². The number of nitrogens with zero attached hydrogens (tertiary/aromatic N) is 1. The molecule has 1 saturated heterocycles. The molecule has 1 aliphatic rings. The highest BCUT2D eigenvalue weighted by Gasteiger charge is 2.22. The molecule has 1 atom stereocenters. The van der Waals surface area contributed by atoms with Gasteiger partial charge in [-0.25, -0.2) is 0 Å². The Morgan fingerprint density at radius 2 is 2.00 bits per heavy atom. The van der Waals surface area contributed by atoms with Crippen molar-refractivity contribution in [2.24, 2.45) is 5.92 Å². The summed E-state index contributed by atoms with van der Waals surface area (Å²) in [6, 6.07) is 7.11. The summed E-state index contributed by atoms with van der Waals surface area (Å²) in [4.78, 5) is 26.0. The number of carbonyl (C=O) groups excluding carboxylic acids is 2. The van der Waals surface area contributed by atoms with Gasteiger partial charge in [-0.15, -0.1) is 0 Å². The first-order valence-corrected chi connectivity index (χ1v) is 7.64. The van der Waals surface area contributed by atoms with Gasteiger partial charge in [-0.3, -0.25) is 9.59 Å². The van der Waals surface area contributed by atoms with Crippen LogP contribution >= 0.6 is 0 Å². The molecular formula is C17H23NO3. The Balaban J connectivity index is 1.98. The Kier molecular flexibility index (Phi) is 5.37. The molecule has 4 heteroatoms. The maximum Gasteiger partial charge on any atom is 0.222 e. The summed E-state index contributed by atoms with van der Waals surface area (Å²) >= 11 is 0. The second-order valence-corrected chi connectivity index (χ2v) is 5.63. The van der Waals surface area contributed by atoms with Crippen LogP contribution in [0.15, 0.2) is 24.3 Å². The standard InChI is InChI=1S/C17H23NO3/c1-3-21-15-7-5-14(6-8-15)16(19)12-18-11-10-13(2)4-9-17(18)20/h5-8,13H,3-4,9-12H2,1-2H3. The number of amides is 1. The molecule has 0 saturated carbocycles. The number of ketones is 1. The first kappa shape index (κ1) is 15.5. The van der Waals surface area contributed by atoms with Crippen molar-refractivity contribution in [2.75, 3.05) is 19.7 Å². The number of benzene rings is 1. The molecule has 0 aromatic heterocycles. The van der Waals surface area contributed by atoms with E-state index in [1.807, 2.05) is 6.92 Å². The van der Waals surface area contributed by atoms with Gasteiger partial charge in [-0.1, -0.05) is 6.92 Å². The Morgan fingerprint density at radius 3 is 2.67 bits per heavy atom. The van der Waals surface area contributed by atoms with Crippen LogP contribution in [-0.4, -0.2) is 36.3 Å². The number of carbonyl (C=O) groups is 2. The molecule has 0 bridgehead atoms. The van der Waals surface area contributed by atoms with Crippen LogP contribution in [0.25, 0.3) is 0 Å². The van der Waals surface area contributed by atoms with Gasteiger partial charge in [0.2, 0.25) is 5.91 Å². The average molecular weight is 289 g/mol. The molecule has 1 fully saturated rings. The lowest BCUT2D eigenvalue weighted by Crippen LogP contribution is -2.35. The van der Waals surface area contributed by atoms with Crippen LogP contribution in [0.3, 0.4) is 0 Å². The van der Waals surface area contributed by atoms with Crippen LogP contribution in [0.4, 0.5) is 0 Å². The van der Waals surface area contributed by atoms with Crippen molar-refractivity contribution in [1.29, 1.82) is 0 Å². The first-order valence-electron chi connectivity index (χ1n) is 7.64. The van der Waals surface area contributed by atoms with Crippen LogP contribution in [0, 0.1) is 5.92 Å². The summed E-state index contributed by atoms with van der Waals surface area (Å²) in [5.41, 5.74) is 0.628. The molecule has 1 aromatic carbocycles. The number of hydrogen-bond acceptors (Lipinski definition) is 3. The second kappa shape index (κ2) is 7.25. The fourth-order valence-corrected chi connectivity index (χ4v) is 2.51. The number of rotatable bonds is 5. The fraction of sp³-hybridized carbons (Fsp3) is 0.529. The quantitative estimate of drug-likeness (QED) is 0.783. The Bertz CT molecular complexity index is 495. The van der Waals surface area contributed by atoms with Crippen LogP contribution in [0.2, 0.25) is 0 Å². The van der Waals surface area contributed by atoms with E-state index in [0.29, 0.717) is 31.1 Å². The molecular weight excluding hydrogens is 266 g/mol. The zero-order valence-corrected chi connectivity index (χ0v) is 12.8. The van der Waals surface area contributed by atoms with E-state index in [0.717, 1.165) is 18.6 Å². The van der Waals surface area contributed by atoms with E-state index in [1.165, 1.54) is 0 Å². The number of ether oxygens (including phenoxy) is 1. The molecule has 0 N–H and O–H groups in total. The number of hydrogen-bond donors (Lipinski definition) is 0. The molecule has 114 valence electrons. The molecule has 1 amide bonds. The smallest absolute Gasteiger partial charge is 0.222 e. The second-order valence-electron chi connectivity index (χ2n) is 5.63. The molecule has 0 radical (unpaired) electrons. The topological polar surface area (TPSA) is 46.6 Å². The molecule has 0 spiro atoms. The Morgan fingerprint density at radius 1 is 1.29 bits per heavy atom. The number of likely N-dealkylation sites (tertiary alicyclic amines) is 1. The molecule has 1 heterocycles. The van der Waals surface area contributed by atoms with Crippen molar-refractivity contribution in [3.63, 3.8) is 0 Å². The molecule has 1 aliphatic heterocycles. The minimum atomic E-state index is -0.0130. The molecule has 21 heavy (non-hydrogen) atoms. The van der Waals surface area contributed by atoms with Crippen molar-refractivity contribution in [3.05, 3.63) is 29.8 Å². The van der Waals surface area contributed by atoms with E-state index in [4.69, 9.17) is 4.74 Å². The van der Waals surface area contributed by atoms with Crippen LogP contribution < -0.4 is 4.74 Å². The maximum atomic E-state index is 12.3. The summed E-state index contributed by atoms with van der Waals surface area (Å²) in [6.07, 6.45) is 2.45. The third-order valence-electron chi connectivity index (χ3n) is 3.92. The van der Waals surface area contributed by atoms with Crippen LogP contribution in [0.5, 0.6) is 5.75 Å². The zero-order valence-electron chi connectivity index (χ0n) is 12.8. The summed E-state index contributed by atoms with van der Waals surface area (Å²) in [5, 5.41) is 0. The zero-order chi connectivity index (χ0) is 15.2. The molecule has 0 aliphatic carbocycles. The first-order chi connectivity index (χ1) is 10.1. The predicted octanol–water partition coefficient (Wildman–Crippen LogP) is 2.92. The minimum absolute atomic E-state index is 0.0130. The van der Waals surface area contributed by atoms with Gasteiger partial charge in [-0.05, 0) is 49.9 Å². The van der Waals surface area contributed by atoms with Gasteiger partial charge < -0.3 is 9.64 Å². The third kappa shape index (κ3) is 4.31. The lowest BCUT2D eigenvalue weighted by Gasteiger charge is -2.19. The van der Waals surface area contributed by atoms with Gasteiger partial charge in [-0.2, -0.15) is 0 Å². The van der Waals surface area contributed by atoms with Gasteiger partial charge in [0.1, 0.15) is 5.75 Å². The fourth-order valence-electron chi connectivity index (χ4n) is 2.51. The third-order valence-corrected chi connectivity index (χ3v) is 3.92. The van der Waals surface area contributed by atoms with Gasteiger partial charge in [0.15, 0.2) is 5.78 Å². The highest BCUT2D eigenvalue weighted by atomic mass is 16.5. The van der Waals surface area contributed by atoms with Crippen LogP contribution in [0.1, 0.15) is 43.5 Å². The van der Waals surface area contributed by atoms with Gasteiger partial charge in [0.05, 0.1) is 13.2 Å². The van der Waals surface area contributed by atoms with Crippen molar-refractivity contribution in [3.8, 4) is 5.75 Å². The summed E-state index contributed by atoms with van der Waals surface area (Å²) in [6.45, 7) is 5.55. The van der Waals surface area contributed by atoms with Gasteiger partial charge in [0, 0.05) is 18.5 Å². The van der Waals surface area contributed by atoms with Gasteiger partial charge in [0.25, 0.3) is 0 Å². The lowest BCUT2D eigenvalue weighted by atomic mass is 10.0. The molecule has 4 nitrogen and oxygen atoms in total. The maximum absolute atomic E-state index is 12.3. The Hall–Kier alpha value is -1.84.